The van der Waals surface area contributed by atoms with Crippen LogP contribution in [0.4, 0.5) is 14.5 Å². The maximum Gasteiger partial charge on any atom is 0.387 e. The number of fused-ring (bicyclic) bond motifs is 1. The van der Waals surface area contributed by atoms with Crippen LogP contribution in [0, 0.1) is 0 Å². The number of halogens is 2. The van der Waals surface area contributed by atoms with Crippen LogP contribution in [0.15, 0.2) is 42.5 Å². The van der Waals surface area contributed by atoms with Gasteiger partial charge in [0.15, 0.2) is 11.5 Å². The molecule has 8 heteroatoms. The molecule has 1 N–H and O–H groups in total. The minimum absolute atomic E-state index is 0.133. The van der Waals surface area contributed by atoms with Crippen molar-refractivity contribution in [2.75, 3.05) is 12.4 Å². The van der Waals surface area contributed by atoms with Gasteiger partial charge in [0, 0.05) is 24.6 Å². The lowest BCUT2D eigenvalue weighted by Crippen LogP contribution is -2.12. The minimum atomic E-state index is -2.98. The Kier molecular flexibility index (Phi) is 5.62. The van der Waals surface area contributed by atoms with E-state index in [2.05, 4.69) is 15.0 Å². The number of hydrogen-bond acceptors (Lipinski definition) is 5. The number of methoxy groups -OCH3 is 1. The quantitative estimate of drug-likeness (QED) is 0.659. The van der Waals surface area contributed by atoms with Gasteiger partial charge in [0.1, 0.15) is 0 Å². The van der Waals surface area contributed by atoms with Gasteiger partial charge in [-0.25, -0.2) is 4.98 Å². The fourth-order valence-electron chi connectivity index (χ4n) is 2.41. The van der Waals surface area contributed by atoms with Gasteiger partial charge in [-0.1, -0.05) is 12.1 Å². The smallest absolute Gasteiger partial charge is 0.387 e. The number of nitrogens with zero attached hydrogens (tertiary/aromatic N) is 1. The van der Waals surface area contributed by atoms with Crippen molar-refractivity contribution in [3.63, 3.8) is 0 Å². The highest BCUT2D eigenvalue weighted by atomic mass is 32.1. The zero-order valence-corrected chi connectivity index (χ0v) is 14.7. The number of hydrogen-bond donors (Lipinski definition) is 1. The highest BCUT2D eigenvalue weighted by molar-refractivity contribution is 7.18. The summed E-state index contributed by atoms with van der Waals surface area (Å²) < 4.78 is 35.4. The number of para-hydroxylation sites is 1. The van der Waals surface area contributed by atoms with Crippen LogP contribution in [-0.2, 0) is 11.2 Å². The molecule has 3 rings (SSSR count). The van der Waals surface area contributed by atoms with Gasteiger partial charge in [-0.15, -0.1) is 11.3 Å². The number of aromatic nitrogens is 1. The number of rotatable bonds is 7. The fraction of sp³-hybridized carbons (Fsp3) is 0.222. The minimum Gasteiger partial charge on any atom is -0.493 e. The number of anilines is 1. The van der Waals surface area contributed by atoms with Crippen LogP contribution < -0.4 is 14.8 Å². The largest absolute Gasteiger partial charge is 0.493 e. The molecule has 1 amide bonds. The topological polar surface area (TPSA) is 60.5 Å². The van der Waals surface area contributed by atoms with Crippen molar-refractivity contribution in [3.8, 4) is 11.5 Å². The zero-order chi connectivity index (χ0) is 18.5. The molecule has 0 atom stereocenters. The number of thiazole rings is 1. The van der Waals surface area contributed by atoms with Crippen molar-refractivity contribution in [1.29, 1.82) is 0 Å². The number of benzene rings is 2. The summed E-state index contributed by atoms with van der Waals surface area (Å²) >= 11 is 1.55. The number of nitrogens with one attached hydrogen (secondary N) is 1. The van der Waals surface area contributed by atoms with E-state index in [0.717, 1.165) is 15.2 Å². The summed E-state index contributed by atoms with van der Waals surface area (Å²) in [5.74, 6) is -0.207. The number of alkyl halides is 2. The predicted octanol–water partition coefficient (Wildman–Crippen LogP) is 4.48. The summed E-state index contributed by atoms with van der Waals surface area (Å²) in [5.41, 5.74) is 1.27. The fourth-order valence-corrected chi connectivity index (χ4v) is 3.38. The molecule has 26 heavy (non-hydrogen) atoms. The Hall–Kier alpha value is -2.74. The molecule has 1 heterocycles. The molecule has 2 aromatic carbocycles. The molecular weight excluding hydrogens is 362 g/mol. The van der Waals surface area contributed by atoms with E-state index in [0.29, 0.717) is 12.1 Å². The van der Waals surface area contributed by atoms with E-state index in [1.54, 1.807) is 17.4 Å². The first-order valence-corrected chi connectivity index (χ1v) is 8.64. The highest BCUT2D eigenvalue weighted by Gasteiger charge is 2.13. The number of aryl methyl sites for hydroxylation is 1. The molecule has 0 saturated heterocycles. The van der Waals surface area contributed by atoms with Gasteiger partial charge in [-0.2, -0.15) is 8.78 Å². The van der Waals surface area contributed by atoms with Crippen LogP contribution >= 0.6 is 11.3 Å². The van der Waals surface area contributed by atoms with Gasteiger partial charge in [0.25, 0.3) is 0 Å². The van der Waals surface area contributed by atoms with Crippen LogP contribution in [0.25, 0.3) is 10.2 Å². The maximum atomic E-state index is 12.5. The maximum absolute atomic E-state index is 12.5. The van der Waals surface area contributed by atoms with Crippen LogP contribution in [0.2, 0.25) is 0 Å². The molecule has 0 unspecified atom stereocenters. The molecular formula is C18H16F2N2O3S. The molecule has 1 aromatic heterocycles. The molecule has 0 aliphatic carbocycles. The zero-order valence-electron chi connectivity index (χ0n) is 13.9. The Morgan fingerprint density at radius 1 is 1.23 bits per heavy atom. The molecule has 0 aliphatic rings. The van der Waals surface area contributed by atoms with Crippen molar-refractivity contribution in [2.24, 2.45) is 0 Å². The van der Waals surface area contributed by atoms with Gasteiger partial charge < -0.3 is 14.8 Å². The van der Waals surface area contributed by atoms with Gasteiger partial charge >= 0.3 is 6.61 Å². The van der Waals surface area contributed by atoms with Crippen molar-refractivity contribution in [3.05, 3.63) is 47.5 Å². The van der Waals surface area contributed by atoms with Gasteiger partial charge in [0.05, 0.1) is 22.3 Å². The molecule has 0 aliphatic heterocycles. The highest BCUT2D eigenvalue weighted by Crippen LogP contribution is 2.31. The van der Waals surface area contributed by atoms with Crippen LogP contribution in [0.3, 0.4) is 0 Å². The lowest BCUT2D eigenvalue weighted by molar-refractivity contribution is -0.116. The first-order chi connectivity index (χ1) is 12.5. The second-order valence-electron chi connectivity index (χ2n) is 5.37. The van der Waals surface area contributed by atoms with E-state index in [9.17, 15) is 13.6 Å². The van der Waals surface area contributed by atoms with E-state index in [1.165, 1.54) is 19.2 Å². The average Bonchev–Trinajstić information content (AvgIpc) is 3.03. The Bertz CT molecular complexity index is 881. The third kappa shape index (κ3) is 4.45. The summed E-state index contributed by atoms with van der Waals surface area (Å²) in [7, 11) is 1.35. The number of amides is 1. The second kappa shape index (κ2) is 8.09. The standard InChI is InChI=1S/C18H16F2N2O3S/c1-24-13-7-6-11(10-14(13)25-18(19)20)21-16(23)8-9-17-22-12-4-2-3-5-15(12)26-17/h2-7,10,18H,8-9H2,1H3,(H,21,23). The van der Waals surface area contributed by atoms with Crippen LogP contribution in [0.1, 0.15) is 11.4 Å². The number of ether oxygens (including phenoxy) is 2. The summed E-state index contributed by atoms with van der Waals surface area (Å²) in [6.45, 7) is -2.98. The first-order valence-electron chi connectivity index (χ1n) is 7.82. The van der Waals surface area contributed by atoms with E-state index >= 15 is 0 Å². The molecule has 0 radical (unpaired) electrons. The Balaban J connectivity index is 1.62. The molecule has 0 spiro atoms. The lowest BCUT2D eigenvalue weighted by Gasteiger charge is -2.12. The summed E-state index contributed by atoms with van der Waals surface area (Å²) in [4.78, 5) is 16.6. The van der Waals surface area contributed by atoms with Crippen molar-refractivity contribution >= 4 is 33.1 Å². The van der Waals surface area contributed by atoms with Crippen molar-refractivity contribution in [1.82, 2.24) is 4.98 Å². The molecule has 0 fully saturated rings. The third-order valence-electron chi connectivity index (χ3n) is 3.57. The number of carbonyl (C=O) groups is 1. The third-order valence-corrected chi connectivity index (χ3v) is 4.66. The summed E-state index contributed by atoms with van der Waals surface area (Å²) in [5, 5.41) is 3.54. The first kappa shape index (κ1) is 18.1. The van der Waals surface area contributed by atoms with Crippen molar-refractivity contribution < 1.29 is 23.0 Å². The second-order valence-corrected chi connectivity index (χ2v) is 6.48. The average molecular weight is 378 g/mol. The molecule has 0 saturated carbocycles. The lowest BCUT2D eigenvalue weighted by atomic mass is 10.2. The summed E-state index contributed by atoms with van der Waals surface area (Å²) in [6.07, 6.45) is 0.735. The molecule has 0 bridgehead atoms. The molecule has 136 valence electrons. The SMILES string of the molecule is COc1ccc(NC(=O)CCc2nc3ccccc3s2)cc1OC(F)F. The Labute approximate surface area is 152 Å². The van der Waals surface area contributed by atoms with Gasteiger partial charge in [-0.3, -0.25) is 4.79 Å². The van der Waals surface area contributed by atoms with Crippen LogP contribution in [0.5, 0.6) is 11.5 Å². The molecule has 5 nitrogen and oxygen atoms in total. The van der Waals surface area contributed by atoms with Gasteiger partial charge in [-0.05, 0) is 24.3 Å². The van der Waals surface area contributed by atoms with E-state index in [1.807, 2.05) is 24.3 Å². The number of carbonyl (C=O) groups excluding carboxylic acids is 1. The summed E-state index contributed by atoms with van der Waals surface area (Å²) in [6, 6.07) is 12.1. The molecule has 3 aromatic rings. The van der Waals surface area contributed by atoms with Gasteiger partial charge in [0.2, 0.25) is 5.91 Å². The van der Waals surface area contributed by atoms with Crippen molar-refractivity contribution in [2.45, 2.75) is 19.5 Å². The Morgan fingerprint density at radius 3 is 2.77 bits per heavy atom. The monoisotopic (exact) mass is 378 g/mol. The predicted molar refractivity (Wildman–Crippen MR) is 96.2 cm³/mol. The van der Waals surface area contributed by atoms with E-state index in [-0.39, 0.29) is 23.8 Å². The van der Waals surface area contributed by atoms with E-state index in [4.69, 9.17) is 4.74 Å². The Morgan fingerprint density at radius 2 is 2.04 bits per heavy atom. The van der Waals surface area contributed by atoms with Crippen LogP contribution in [-0.4, -0.2) is 24.6 Å². The normalized spacial score (nSPS) is 10.9. The van der Waals surface area contributed by atoms with E-state index < -0.39 is 6.61 Å².